The molecule has 0 saturated heterocycles. The van der Waals surface area contributed by atoms with Crippen LogP contribution in [0.5, 0.6) is 0 Å². The first kappa shape index (κ1) is 20.8. The van der Waals surface area contributed by atoms with Crippen LogP contribution in [0, 0.1) is 17.6 Å². The maximum Gasteiger partial charge on any atom is 0.257 e. The number of halogens is 3. The molecule has 0 bridgehead atoms. The normalized spacial score (nSPS) is 11.9. The number of amides is 2. The van der Waals surface area contributed by atoms with Crippen molar-refractivity contribution < 1.29 is 18.4 Å². The minimum Gasteiger partial charge on any atom is -0.354 e. The standard InChI is InChI=1S/C20H21ClF2N2O2/c1-12(2)18(25-19(26)17-15(22)7-4-8-16(17)23)20(27)24-10-9-13-5-3-6-14(21)11-13/h3-8,11-12,18H,9-10H2,1-2H3,(H,24,27)(H,25,26). The summed E-state index contributed by atoms with van der Waals surface area (Å²) in [5.74, 6) is -3.60. The van der Waals surface area contributed by atoms with Gasteiger partial charge in [0.15, 0.2) is 0 Å². The van der Waals surface area contributed by atoms with Crippen molar-refractivity contribution in [1.29, 1.82) is 0 Å². The lowest BCUT2D eigenvalue weighted by Crippen LogP contribution is -2.50. The van der Waals surface area contributed by atoms with Crippen LogP contribution in [0.15, 0.2) is 42.5 Å². The molecule has 2 aromatic carbocycles. The summed E-state index contributed by atoms with van der Waals surface area (Å²) in [4.78, 5) is 24.7. The fourth-order valence-electron chi connectivity index (χ4n) is 2.60. The fourth-order valence-corrected chi connectivity index (χ4v) is 2.81. The topological polar surface area (TPSA) is 58.2 Å². The Morgan fingerprint density at radius 2 is 1.70 bits per heavy atom. The van der Waals surface area contributed by atoms with E-state index in [0.29, 0.717) is 18.0 Å². The smallest absolute Gasteiger partial charge is 0.257 e. The Bertz CT molecular complexity index is 807. The van der Waals surface area contributed by atoms with E-state index >= 15 is 0 Å². The third-order valence-corrected chi connectivity index (χ3v) is 4.26. The number of hydrogen-bond acceptors (Lipinski definition) is 2. The highest BCUT2D eigenvalue weighted by Crippen LogP contribution is 2.14. The van der Waals surface area contributed by atoms with Crippen molar-refractivity contribution in [3.8, 4) is 0 Å². The average molecular weight is 395 g/mol. The SMILES string of the molecule is CC(C)C(NC(=O)c1c(F)cccc1F)C(=O)NCCc1cccc(Cl)c1. The maximum absolute atomic E-state index is 13.8. The lowest BCUT2D eigenvalue weighted by molar-refractivity contribution is -0.123. The number of rotatable bonds is 7. The minimum absolute atomic E-state index is 0.269. The molecule has 1 atom stereocenters. The summed E-state index contributed by atoms with van der Waals surface area (Å²) in [6.45, 7) is 3.81. The van der Waals surface area contributed by atoms with Crippen molar-refractivity contribution >= 4 is 23.4 Å². The second kappa shape index (κ2) is 9.46. The molecule has 0 aliphatic carbocycles. The van der Waals surface area contributed by atoms with Crippen LogP contribution in [0.25, 0.3) is 0 Å². The fraction of sp³-hybridized carbons (Fsp3) is 0.300. The zero-order valence-corrected chi connectivity index (χ0v) is 15.8. The Kier molecular flexibility index (Phi) is 7.30. The Morgan fingerprint density at radius 3 is 2.30 bits per heavy atom. The van der Waals surface area contributed by atoms with Gasteiger partial charge in [-0.25, -0.2) is 8.78 Å². The summed E-state index contributed by atoms with van der Waals surface area (Å²) < 4.78 is 27.5. The third-order valence-electron chi connectivity index (χ3n) is 4.03. The first-order chi connectivity index (χ1) is 12.8. The Morgan fingerprint density at radius 1 is 1.07 bits per heavy atom. The first-order valence-corrected chi connectivity index (χ1v) is 8.94. The van der Waals surface area contributed by atoms with Crippen LogP contribution in [-0.4, -0.2) is 24.4 Å². The summed E-state index contributed by atoms with van der Waals surface area (Å²) in [5, 5.41) is 5.76. The molecule has 0 aliphatic rings. The van der Waals surface area contributed by atoms with Gasteiger partial charge in [-0.3, -0.25) is 9.59 Å². The lowest BCUT2D eigenvalue weighted by atomic mass is 10.0. The summed E-state index contributed by atoms with van der Waals surface area (Å²) >= 11 is 5.92. The van der Waals surface area contributed by atoms with Crippen LogP contribution >= 0.6 is 11.6 Å². The zero-order chi connectivity index (χ0) is 20.0. The van der Waals surface area contributed by atoms with Crippen LogP contribution in [0.4, 0.5) is 8.78 Å². The second-order valence-electron chi connectivity index (χ2n) is 6.46. The molecule has 0 aromatic heterocycles. The molecule has 0 aliphatic heterocycles. The van der Waals surface area contributed by atoms with Gasteiger partial charge in [-0.1, -0.05) is 43.6 Å². The molecule has 2 rings (SSSR count). The monoisotopic (exact) mass is 394 g/mol. The number of carbonyl (C=O) groups excluding carboxylic acids is 2. The van der Waals surface area contributed by atoms with E-state index in [9.17, 15) is 18.4 Å². The van der Waals surface area contributed by atoms with Crippen LogP contribution in [0.2, 0.25) is 5.02 Å². The molecule has 2 N–H and O–H groups in total. The van der Waals surface area contributed by atoms with E-state index in [0.717, 1.165) is 17.7 Å². The molecule has 4 nitrogen and oxygen atoms in total. The molecule has 0 fully saturated rings. The van der Waals surface area contributed by atoms with Gasteiger partial charge in [-0.05, 0) is 42.2 Å². The molecule has 2 aromatic rings. The predicted octanol–water partition coefficient (Wildman–Crippen LogP) is 3.73. The third kappa shape index (κ3) is 5.76. The van der Waals surface area contributed by atoms with Gasteiger partial charge < -0.3 is 10.6 Å². The molecule has 1 unspecified atom stereocenters. The largest absolute Gasteiger partial charge is 0.354 e. The molecule has 2 amide bonds. The second-order valence-corrected chi connectivity index (χ2v) is 6.90. The highest BCUT2D eigenvalue weighted by atomic mass is 35.5. The minimum atomic E-state index is -0.976. The Labute approximate surface area is 161 Å². The molecule has 0 heterocycles. The highest BCUT2D eigenvalue weighted by Gasteiger charge is 2.27. The van der Waals surface area contributed by atoms with Crippen LogP contribution < -0.4 is 10.6 Å². The molecule has 144 valence electrons. The zero-order valence-electron chi connectivity index (χ0n) is 15.1. The summed E-state index contributed by atoms with van der Waals surface area (Å²) in [6.07, 6.45) is 0.563. The van der Waals surface area contributed by atoms with E-state index in [1.165, 1.54) is 6.07 Å². The van der Waals surface area contributed by atoms with E-state index < -0.39 is 35.1 Å². The van der Waals surface area contributed by atoms with Gasteiger partial charge in [-0.15, -0.1) is 0 Å². The van der Waals surface area contributed by atoms with Gasteiger partial charge in [0.05, 0.1) is 0 Å². The van der Waals surface area contributed by atoms with Crippen LogP contribution in [0.1, 0.15) is 29.8 Å². The Hall–Kier alpha value is -2.47. The van der Waals surface area contributed by atoms with Crippen molar-refractivity contribution in [1.82, 2.24) is 10.6 Å². The van der Waals surface area contributed by atoms with Crippen LogP contribution in [-0.2, 0) is 11.2 Å². The van der Waals surface area contributed by atoms with Crippen molar-refractivity contribution in [2.45, 2.75) is 26.3 Å². The van der Waals surface area contributed by atoms with Gasteiger partial charge in [0.25, 0.3) is 5.91 Å². The lowest BCUT2D eigenvalue weighted by Gasteiger charge is -2.22. The van der Waals surface area contributed by atoms with Crippen molar-refractivity contribution in [2.24, 2.45) is 5.92 Å². The number of hydrogen-bond donors (Lipinski definition) is 2. The molecule has 27 heavy (non-hydrogen) atoms. The van der Waals surface area contributed by atoms with Crippen molar-refractivity contribution in [3.63, 3.8) is 0 Å². The number of benzene rings is 2. The van der Waals surface area contributed by atoms with Gasteiger partial charge >= 0.3 is 0 Å². The van der Waals surface area contributed by atoms with E-state index in [4.69, 9.17) is 11.6 Å². The molecule has 0 saturated carbocycles. The summed E-state index contributed by atoms with van der Waals surface area (Å²) in [7, 11) is 0. The quantitative estimate of drug-likeness (QED) is 0.751. The Balaban J connectivity index is 1.99. The van der Waals surface area contributed by atoms with Gasteiger partial charge in [0.2, 0.25) is 5.91 Å². The number of nitrogens with one attached hydrogen (secondary N) is 2. The molecular formula is C20H21ClF2N2O2. The predicted molar refractivity (Wildman–Crippen MR) is 101 cm³/mol. The average Bonchev–Trinajstić information content (AvgIpc) is 2.59. The van der Waals surface area contributed by atoms with E-state index in [1.807, 2.05) is 12.1 Å². The molecule has 0 radical (unpaired) electrons. The molecular weight excluding hydrogens is 374 g/mol. The van der Waals surface area contributed by atoms with Gasteiger partial charge in [-0.2, -0.15) is 0 Å². The van der Waals surface area contributed by atoms with E-state index in [2.05, 4.69) is 10.6 Å². The van der Waals surface area contributed by atoms with E-state index in [-0.39, 0.29) is 5.92 Å². The van der Waals surface area contributed by atoms with E-state index in [1.54, 1.807) is 26.0 Å². The number of carbonyl (C=O) groups is 2. The van der Waals surface area contributed by atoms with Crippen molar-refractivity contribution in [3.05, 3.63) is 70.2 Å². The first-order valence-electron chi connectivity index (χ1n) is 8.56. The van der Waals surface area contributed by atoms with Crippen LogP contribution in [0.3, 0.4) is 0 Å². The highest BCUT2D eigenvalue weighted by molar-refractivity contribution is 6.30. The van der Waals surface area contributed by atoms with Gasteiger partial charge in [0.1, 0.15) is 23.2 Å². The summed E-state index contributed by atoms with van der Waals surface area (Å²) in [5.41, 5.74) is 0.260. The molecule has 7 heteroatoms. The summed E-state index contributed by atoms with van der Waals surface area (Å²) in [6, 6.07) is 9.51. The maximum atomic E-state index is 13.8. The molecule has 0 spiro atoms. The van der Waals surface area contributed by atoms with Gasteiger partial charge in [0, 0.05) is 11.6 Å². The van der Waals surface area contributed by atoms with Crippen molar-refractivity contribution in [2.75, 3.05) is 6.54 Å².